The van der Waals surface area contributed by atoms with Crippen LogP contribution in [0.15, 0.2) is 30.3 Å². The summed E-state index contributed by atoms with van der Waals surface area (Å²) < 4.78 is 0. The molecule has 0 saturated carbocycles. The summed E-state index contributed by atoms with van der Waals surface area (Å²) in [5.41, 5.74) is 2.12. The van der Waals surface area contributed by atoms with Gasteiger partial charge in [0.2, 0.25) is 11.9 Å². The van der Waals surface area contributed by atoms with Crippen LogP contribution in [0.25, 0.3) is 0 Å². The molecule has 0 radical (unpaired) electrons. The van der Waals surface area contributed by atoms with E-state index in [9.17, 15) is 4.79 Å². The summed E-state index contributed by atoms with van der Waals surface area (Å²) in [5, 5.41) is 4.13. The Hall–Kier alpha value is -2.34. The highest BCUT2D eigenvalue weighted by Gasteiger charge is 2.20. The molecule has 138 valence electrons. The molecule has 1 amide bonds. The van der Waals surface area contributed by atoms with E-state index in [0.29, 0.717) is 13.1 Å². The topological polar surface area (TPSA) is 61.4 Å². The summed E-state index contributed by atoms with van der Waals surface area (Å²) in [6, 6.07) is 9.84. The number of benzene rings is 1. The molecule has 1 aromatic heterocycles. The van der Waals surface area contributed by atoms with Crippen molar-refractivity contribution < 1.29 is 4.79 Å². The van der Waals surface area contributed by atoms with Gasteiger partial charge in [-0.05, 0) is 31.0 Å². The molecule has 0 unspecified atom stereocenters. The van der Waals surface area contributed by atoms with Crippen molar-refractivity contribution in [3.05, 3.63) is 46.6 Å². The molecule has 1 aromatic carbocycles. The van der Waals surface area contributed by atoms with Gasteiger partial charge in [0.05, 0.1) is 0 Å². The van der Waals surface area contributed by atoms with Crippen molar-refractivity contribution in [3.63, 3.8) is 0 Å². The van der Waals surface area contributed by atoms with E-state index in [0.717, 1.165) is 48.5 Å². The first kappa shape index (κ1) is 18.5. The molecule has 1 N–H and O–H groups in total. The Morgan fingerprint density at radius 3 is 2.65 bits per heavy atom. The second-order valence-corrected chi connectivity index (χ2v) is 6.93. The molecule has 0 bridgehead atoms. The molecular weight excluding hydrogens is 350 g/mol. The van der Waals surface area contributed by atoms with Crippen molar-refractivity contribution in [2.24, 2.45) is 0 Å². The Morgan fingerprint density at radius 1 is 1.19 bits per heavy atom. The summed E-state index contributed by atoms with van der Waals surface area (Å²) in [4.78, 5) is 24.7. The fourth-order valence-electron chi connectivity index (χ4n) is 3.03. The van der Waals surface area contributed by atoms with Crippen LogP contribution in [0.4, 0.5) is 11.8 Å². The van der Waals surface area contributed by atoms with E-state index in [1.165, 1.54) is 5.56 Å². The van der Waals surface area contributed by atoms with Gasteiger partial charge in [0.25, 0.3) is 0 Å². The van der Waals surface area contributed by atoms with Crippen molar-refractivity contribution >= 4 is 29.3 Å². The number of carbonyl (C=O) groups is 1. The monoisotopic (exact) mass is 373 g/mol. The number of hydrogen-bond acceptors (Lipinski definition) is 5. The first-order valence-corrected chi connectivity index (χ1v) is 9.23. The third kappa shape index (κ3) is 4.85. The Bertz CT molecular complexity index is 774. The Balaban J connectivity index is 1.60. The number of halogens is 1. The van der Waals surface area contributed by atoms with Crippen LogP contribution < -0.4 is 10.2 Å². The fraction of sp³-hybridized carbons (Fsp3) is 0.421. The van der Waals surface area contributed by atoms with Crippen LogP contribution in [-0.2, 0) is 11.2 Å². The van der Waals surface area contributed by atoms with Crippen LogP contribution in [0.5, 0.6) is 0 Å². The zero-order valence-corrected chi connectivity index (χ0v) is 16.0. The molecule has 2 heterocycles. The van der Waals surface area contributed by atoms with Crippen molar-refractivity contribution in [2.45, 2.75) is 20.3 Å². The maximum Gasteiger partial charge on any atom is 0.227 e. The van der Waals surface area contributed by atoms with Crippen LogP contribution in [0.3, 0.4) is 0 Å². The van der Waals surface area contributed by atoms with Gasteiger partial charge in [-0.3, -0.25) is 4.79 Å². The lowest BCUT2D eigenvalue weighted by atomic mass is 10.1. The van der Waals surface area contributed by atoms with Gasteiger partial charge in [-0.15, -0.1) is 0 Å². The highest BCUT2D eigenvalue weighted by molar-refractivity contribution is 6.30. The first-order valence-electron chi connectivity index (χ1n) is 8.86. The van der Waals surface area contributed by atoms with E-state index in [2.05, 4.69) is 26.3 Å². The Morgan fingerprint density at radius 2 is 1.96 bits per heavy atom. The number of piperazine rings is 1. The molecule has 2 aromatic rings. The van der Waals surface area contributed by atoms with E-state index < -0.39 is 0 Å². The van der Waals surface area contributed by atoms with Crippen molar-refractivity contribution in [2.75, 3.05) is 42.9 Å². The van der Waals surface area contributed by atoms with Gasteiger partial charge < -0.3 is 15.1 Å². The number of aromatic nitrogens is 2. The van der Waals surface area contributed by atoms with Gasteiger partial charge >= 0.3 is 0 Å². The minimum absolute atomic E-state index is 0.123. The summed E-state index contributed by atoms with van der Waals surface area (Å²) >= 11 is 6.03. The van der Waals surface area contributed by atoms with Crippen LogP contribution >= 0.6 is 11.6 Å². The molecular formula is C19H24ClN5O. The summed E-state index contributed by atoms with van der Waals surface area (Å²) in [5.74, 6) is 1.67. The smallest absolute Gasteiger partial charge is 0.227 e. The number of aryl methyl sites for hydroxylation is 1. The Kier molecular flexibility index (Phi) is 5.93. The molecule has 26 heavy (non-hydrogen) atoms. The predicted octanol–water partition coefficient (Wildman–Crippen LogP) is 2.76. The van der Waals surface area contributed by atoms with Crippen molar-refractivity contribution in [1.82, 2.24) is 14.9 Å². The molecule has 0 aliphatic carbocycles. The van der Waals surface area contributed by atoms with E-state index in [4.69, 9.17) is 11.6 Å². The van der Waals surface area contributed by atoms with Crippen LogP contribution in [0.2, 0.25) is 5.02 Å². The number of anilines is 2. The third-order valence-electron chi connectivity index (χ3n) is 4.46. The highest BCUT2D eigenvalue weighted by atomic mass is 35.5. The number of nitrogens with one attached hydrogen (secondary N) is 1. The average molecular weight is 374 g/mol. The molecule has 1 aliphatic rings. The lowest BCUT2D eigenvalue weighted by molar-refractivity contribution is -0.129. The van der Waals surface area contributed by atoms with Crippen molar-refractivity contribution in [3.8, 4) is 0 Å². The molecule has 7 heteroatoms. The molecule has 3 rings (SSSR count). The molecule has 1 saturated heterocycles. The van der Waals surface area contributed by atoms with Gasteiger partial charge in [-0.25, -0.2) is 4.98 Å². The third-order valence-corrected chi connectivity index (χ3v) is 4.69. The summed E-state index contributed by atoms with van der Waals surface area (Å²) in [7, 11) is 0. The average Bonchev–Trinajstić information content (AvgIpc) is 2.61. The van der Waals surface area contributed by atoms with E-state index in [1.54, 1.807) is 6.92 Å². The zero-order valence-electron chi connectivity index (χ0n) is 15.2. The van der Waals surface area contributed by atoms with Crippen LogP contribution in [0.1, 0.15) is 18.2 Å². The minimum Gasteiger partial charge on any atom is -0.370 e. The van der Waals surface area contributed by atoms with E-state index >= 15 is 0 Å². The van der Waals surface area contributed by atoms with Gasteiger partial charge in [0.15, 0.2) is 0 Å². The lowest BCUT2D eigenvalue weighted by Crippen LogP contribution is -2.48. The number of amides is 1. The van der Waals surface area contributed by atoms with Crippen LogP contribution in [0, 0.1) is 6.92 Å². The quantitative estimate of drug-likeness (QED) is 0.873. The number of nitrogens with zero attached hydrogens (tertiary/aromatic N) is 4. The summed E-state index contributed by atoms with van der Waals surface area (Å²) in [6.45, 7) is 7.29. The maximum atomic E-state index is 11.5. The molecule has 0 atom stereocenters. The Labute approximate surface area is 159 Å². The molecule has 1 aliphatic heterocycles. The number of hydrogen-bond donors (Lipinski definition) is 1. The first-order chi connectivity index (χ1) is 12.5. The van der Waals surface area contributed by atoms with Gasteiger partial charge in [0, 0.05) is 56.4 Å². The predicted molar refractivity (Wildman–Crippen MR) is 105 cm³/mol. The van der Waals surface area contributed by atoms with E-state index in [1.807, 2.05) is 36.1 Å². The normalized spacial score (nSPS) is 14.4. The minimum atomic E-state index is 0.123. The van der Waals surface area contributed by atoms with Gasteiger partial charge in [0.1, 0.15) is 5.82 Å². The SMILES string of the molecule is CC(=O)N1CCN(c2nc(C)cc(NCCc3cccc(Cl)c3)n2)CC1. The fourth-order valence-corrected chi connectivity index (χ4v) is 3.25. The second-order valence-electron chi connectivity index (χ2n) is 6.49. The summed E-state index contributed by atoms with van der Waals surface area (Å²) in [6.07, 6.45) is 0.871. The highest BCUT2D eigenvalue weighted by Crippen LogP contribution is 2.16. The zero-order chi connectivity index (χ0) is 18.5. The molecule has 0 spiro atoms. The maximum absolute atomic E-state index is 11.5. The van der Waals surface area contributed by atoms with Gasteiger partial charge in [-0.2, -0.15) is 4.98 Å². The largest absolute Gasteiger partial charge is 0.370 e. The van der Waals surface area contributed by atoms with Gasteiger partial charge in [-0.1, -0.05) is 23.7 Å². The van der Waals surface area contributed by atoms with E-state index in [-0.39, 0.29) is 5.91 Å². The standard InChI is InChI=1S/C19H24ClN5O/c1-14-12-18(21-7-6-16-4-3-5-17(20)13-16)23-19(22-14)25-10-8-24(9-11-25)15(2)26/h3-5,12-13H,6-11H2,1-2H3,(H,21,22,23). The molecule has 6 nitrogen and oxygen atoms in total. The second kappa shape index (κ2) is 8.36. The molecule has 1 fully saturated rings. The number of rotatable bonds is 5. The van der Waals surface area contributed by atoms with Crippen LogP contribution in [-0.4, -0.2) is 53.5 Å². The van der Waals surface area contributed by atoms with Crippen molar-refractivity contribution in [1.29, 1.82) is 0 Å². The number of carbonyl (C=O) groups excluding carboxylic acids is 1. The lowest BCUT2D eigenvalue weighted by Gasteiger charge is -2.34.